The largest absolute Gasteiger partial charge is 0.504 e. The number of rotatable bonds is 4. The first-order chi connectivity index (χ1) is 9.63. The van der Waals surface area contributed by atoms with Gasteiger partial charge in [0.1, 0.15) is 5.76 Å². The van der Waals surface area contributed by atoms with Crippen LogP contribution in [-0.4, -0.2) is 23.1 Å². The van der Waals surface area contributed by atoms with Crippen LogP contribution in [0.2, 0.25) is 0 Å². The smallest absolute Gasteiger partial charge is 0.208 e. The Balaban J connectivity index is 2.18. The van der Waals surface area contributed by atoms with Crippen LogP contribution in [0, 0.1) is 5.92 Å². The van der Waals surface area contributed by atoms with Crippen LogP contribution in [0.15, 0.2) is 60.1 Å². The Morgan fingerprint density at radius 1 is 1.25 bits per heavy atom. The minimum atomic E-state index is -0.611. The first-order valence-corrected chi connectivity index (χ1v) is 6.27. The first kappa shape index (κ1) is 13.9. The van der Waals surface area contributed by atoms with E-state index in [4.69, 9.17) is 4.74 Å². The SMILES string of the molecule is COC1=CCC(C(=O)/C(O)=C(\O)c2ccccc2)C=C1. The highest BCUT2D eigenvalue weighted by molar-refractivity contribution is 6.01. The van der Waals surface area contributed by atoms with Gasteiger partial charge in [0.2, 0.25) is 11.5 Å². The Hall–Kier alpha value is -2.49. The fourth-order valence-corrected chi connectivity index (χ4v) is 1.97. The van der Waals surface area contributed by atoms with E-state index in [9.17, 15) is 15.0 Å². The van der Waals surface area contributed by atoms with Crippen molar-refractivity contribution in [1.82, 2.24) is 0 Å². The number of benzene rings is 1. The minimum absolute atomic E-state index is 0.398. The maximum Gasteiger partial charge on any atom is 0.208 e. The lowest BCUT2D eigenvalue weighted by atomic mass is 9.93. The third kappa shape index (κ3) is 2.91. The van der Waals surface area contributed by atoms with Crippen LogP contribution < -0.4 is 0 Å². The molecule has 4 nitrogen and oxygen atoms in total. The molecule has 0 heterocycles. The average molecular weight is 272 g/mol. The summed E-state index contributed by atoms with van der Waals surface area (Å²) in [5, 5.41) is 19.8. The maximum absolute atomic E-state index is 12.1. The zero-order valence-corrected chi connectivity index (χ0v) is 11.1. The van der Waals surface area contributed by atoms with E-state index < -0.39 is 23.2 Å². The van der Waals surface area contributed by atoms with Gasteiger partial charge in [-0.15, -0.1) is 0 Å². The molecule has 104 valence electrons. The van der Waals surface area contributed by atoms with Gasteiger partial charge in [0.25, 0.3) is 0 Å². The second-order valence-electron chi connectivity index (χ2n) is 4.44. The summed E-state index contributed by atoms with van der Waals surface area (Å²) in [5.74, 6) is -1.32. The predicted octanol–water partition coefficient (Wildman–Crippen LogP) is 3.15. The van der Waals surface area contributed by atoms with E-state index in [2.05, 4.69) is 0 Å². The lowest BCUT2D eigenvalue weighted by molar-refractivity contribution is -0.120. The highest BCUT2D eigenvalue weighted by atomic mass is 16.5. The van der Waals surface area contributed by atoms with Gasteiger partial charge in [-0.3, -0.25) is 4.79 Å². The van der Waals surface area contributed by atoms with Crippen molar-refractivity contribution in [3.05, 3.63) is 65.6 Å². The molecule has 0 saturated heterocycles. The van der Waals surface area contributed by atoms with E-state index in [1.54, 1.807) is 55.7 Å². The number of methoxy groups -OCH3 is 1. The monoisotopic (exact) mass is 272 g/mol. The van der Waals surface area contributed by atoms with E-state index >= 15 is 0 Å². The van der Waals surface area contributed by atoms with Crippen molar-refractivity contribution in [2.24, 2.45) is 5.92 Å². The zero-order chi connectivity index (χ0) is 14.5. The summed E-state index contributed by atoms with van der Waals surface area (Å²) in [6.07, 6.45) is 5.55. The molecule has 0 fully saturated rings. The van der Waals surface area contributed by atoms with Gasteiger partial charge in [0.05, 0.1) is 7.11 Å². The quantitative estimate of drug-likeness (QED) is 0.652. The maximum atomic E-state index is 12.1. The Bertz CT molecular complexity index is 582. The second kappa shape index (κ2) is 6.10. The van der Waals surface area contributed by atoms with Crippen LogP contribution >= 0.6 is 0 Å². The molecule has 2 N–H and O–H groups in total. The molecule has 1 aromatic carbocycles. The van der Waals surface area contributed by atoms with Crippen LogP contribution in [0.1, 0.15) is 12.0 Å². The molecule has 2 rings (SSSR count). The molecule has 4 heteroatoms. The summed E-state index contributed by atoms with van der Waals surface area (Å²) >= 11 is 0. The fraction of sp³-hybridized carbons (Fsp3) is 0.188. The number of Topliss-reactive ketones (excluding diaryl/α,β-unsaturated/α-hetero) is 1. The Labute approximate surface area is 117 Å². The van der Waals surface area contributed by atoms with Crippen molar-refractivity contribution >= 4 is 11.5 Å². The lowest BCUT2D eigenvalue weighted by Gasteiger charge is -2.14. The van der Waals surface area contributed by atoms with Gasteiger partial charge in [-0.1, -0.05) is 36.4 Å². The Kier molecular flexibility index (Phi) is 4.25. The van der Waals surface area contributed by atoms with Crippen molar-refractivity contribution in [1.29, 1.82) is 0 Å². The summed E-state index contributed by atoms with van der Waals surface area (Å²) in [4.78, 5) is 12.1. The summed E-state index contributed by atoms with van der Waals surface area (Å²) in [7, 11) is 1.55. The summed E-state index contributed by atoms with van der Waals surface area (Å²) in [6, 6.07) is 8.47. The average Bonchev–Trinajstić information content (AvgIpc) is 2.53. The van der Waals surface area contributed by atoms with Crippen molar-refractivity contribution in [2.75, 3.05) is 7.11 Å². The fourth-order valence-electron chi connectivity index (χ4n) is 1.97. The van der Waals surface area contributed by atoms with Crippen molar-refractivity contribution < 1.29 is 19.7 Å². The molecular weight excluding hydrogens is 256 g/mol. The molecule has 1 aliphatic rings. The normalized spacial score (nSPS) is 19.1. The number of carbonyl (C=O) groups excluding carboxylic acids is 1. The standard InChI is InChI=1S/C16H16O4/c1-20-13-9-7-12(8-10-13)15(18)16(19)14(17)11-5-3-2-4-6-11/h2-7,9-10,12,17,19H,8H2,1H3/b16-14+. The van der Waals surface area contributed by atoms with E-state index in [-0.39, 0.29) is 0 Å². The number of aliphatic hydroxyl groups is 2. The highest BCUT2D eigenvalue weighted by Gasteiger charge is 2.24. The van der Waals surface area contributed by atoms with Gasteiger partial charge in [-0.25, -0.2) is 0 Å². The van der Waals surface area contributed by atoms with Gasteiger partial charge >= 0.3 is 0 Å². The summed E-state index contributed by atoms with van der Waals surface area (Å²) < 4.78 is 5.04. The number of ether oxygens (including phenoxy) is 1. The third-order valence-corrected chi connectivity index (χ3v) is 3.14. The first-order valence-electron chi connectivity index (χ1n) is 6.27. The van der Waals surface area contributed by atoms with Crippen LogP contribution in [0.3, 0.4) is 0 Å². The molecule has 0 radical (unpaired) electrons. The van der Waals surface area contributed by atoms with Gasteiger partial charge in [-0.05, 0) is 18.6 Å². The molecule has 0 spiro atoms. The molecule has 20 heavy (non-hydrogen) atoms. The van der Waals surface area contributed by atoms with Crippen molar-refractivity contribution in [3.63, 3.8) is 0 Å². The molecule has 1 atom stereocenters. The number of allylic oxidation sites excluding steroid dienone is 4. The Morgan fingerprint density at radius 3 is 2.50 bits per heavy atom. The predicted molar refractivity (Wildman–Crippen MR) is 76.0 cm³/mol. The number of carbonyl (C=O) groups is 1. The third-order valence-electron chi connectivity index (χ3n) is 3.14. The van der Waals surface area contributed by atoms with Crippen molar-refractivity contribution in [2.45, 2.75) is 6.42 Å². The minimum Gasteiger partial charge on any atom is -0.504 e. The molecule has 0 saturated carbocycles. The van der Waals surface area contributed by atoms with E-state index in [1.807, 2.05) is 0 Å². The zero-order valence-electron chi connectivity index (χ0n) is 11.1. The molecule has 1 unspecified atom stereocenters. The van der Waals surface area contributed by atoms with Crippen LogP contribution in [0.25, 0.3) is 5.76 Å². The van der Waals surface area contributed by atoms with Gasteiger partial charge in [0.15, 0.2) is 5.76 Å². The van der Waals surface area contributed by atoms with Crippen LogP contribution in [0.4, 0.5) is 0 Å². The topological polar surface area (TPSA) is 66.8 Å². The van der Waals surface area contributed by atoms with Gasteiger partial charge in [-0.2, -0.15) is 0 Å². The molecule has 0 amide bonds. The van der Waals surface area contributed by atoms with E-state index in [0.29, 0.717) is 17.7 Å². The molecule has 0 aliphatic heterocycles. The number of ketones is 1. The molecule has 0 bridgehead atoms. The van der Waals surface area contributed by atoms with Crippen LogP contribution in [0.5, 0.6) is 0 Å². The highest BCUT2D eigenvalue weighted by Crippen LogP contribution is 2.23. The number of aliphatic hydroxyl groups excluding tert-OH is 2. The summed E-state index contributed by atoms with van der Waals surface area (Å²) in [6.45, 7) is 0. The molecule has 1 aliphatic carbocycles. The number of hydrogen-bond acceptors (Lipinski definition) is 4. The second-order valence-corrected chi connectivity index (χ2v) is 4.44. The van der Waals surface area contributed by atoms with E-state index in [1.165, 1.54) is 0 Å². The van der Waals surface area contributed by atoms with Gasteiger partial charge in [0, 0.05) is 11.5 Å². The van der Waals surface area contributed by atoms with Crippen molar-refractivity contribution in [3.8, 4) is 0 Å². The van der Waals surface area contributed by atoms with E-state index in [0.717, 1.165) is 0 Å². The number of hydrogen-bond donors (Lipinski definition) is 2. The lowest BCUT2D eigenvalue weighted by Crippen LogP contribution is -2.17. The molecular formula is C16H16O4. The summed E-state index contributed by atoms with van der Waals surface area (Å²) in [5.41, 5.74) is 0.409. The van der Waals surface area contributed by atoms with Crippen LogP contribution in [-0.2, 0) is 9.53 Å². The molecule has 1 aromatic rings. The Morgan fingerprint density at radius 2 is 1.95 bits per heavy atom. The molecule has 0 aromatic heterocycles. The van der Waals surface area contributed by atoms with Gasteiger partial charge < -0.3 is 14.9 Å².